The predicted octanol–water partition coefficient (Wildman–Crippen LogP) is 3.20. The third kappa shape index (κ3) is 5.99. The molecule has 0 aliphatic heterocycles. The van der Waals surface area contributed by atoms with Crippen LogP contribution in [0.15, 0.2) is 76.5 Å². The molecule has 0 amide bonds. The Morgan fingerprint density at radius 3 is 1.91 bits per heavy atom. The van der Waals surface area contributed by atoms with Gasteiger partial charge in [0.2, 0.25) is 0 Å². The van der Waals surface area contributed by atoms with Crippen LogP contribution in [-0.2, 0) is 24.8 Å². The fraction of sp³-hybridized carbons (Fsp3) is 0.0952. The highest BCUT2D eigenvalue weighted by atomic mass is 32.2. The van der Waals surface area contributed by atoms with Crippen molar-refractivity contribution < 1.29 is 35.9 Å². The zero-order chi connectivity index (χ0) is 24.2. The molecule has 174 valence electrons. The summed E-state index contributed by atoms with van der Waals surface area (Å²) in [5.74, 6) is -1.56. The van der Waals surface area contributed by atoms with Crippen molar-refractivity contribution in [3.63, 3.8) is 0 Å². The number of nitrogens with one attached hydrogen (secondary N) is 2. The van der Waals surface area contributed by atoms with E-state index in [1.165, 1.54) is 42.5 Å². The van der Waals surface area contributed by atoms with E-state index in [2.05, 4.69) is 9.44 Å². The summed E-state index contributed by atoms with van der Waals surface area (Å²) >= 11 is 0. The second-order valence-electron chi connectivity index (χ2n) is 6.82. The largest absolute Gasteiger partial charge is 0.482 e. The van der Waals surface area contributed by atoms with Gasteiger partial charge in [0.25, 0.3) is 20.0 Å². The molecule has 0 fully saturated rings. The first-order valence-corrected chi connectivity index (χ1v) is 12.3. The first kappa shape index (κ1) is 24.0. The number of sulfonamides is 2. The minimum absolute atomic E-state index is 0.0351. The van der Waals surface area contributed by atoms with E-state index in [1.807, 2.05) is 0 Å². The summed E-state index contributed by atoms with van der Waals surface area (Å²) in [5, 5.41) is 8.71. The molecule has 0 aliphatic rings. The maximum atomic E-state index is 13.1. The topological polar surface area (TPSA) is 139 Å². The zero-order valence-corrected chi connectivity index (χ0v) is 18.8. The van der Waals surface area contributed by atoms with Crippen molar-refractivity contribution in [3.8, 4) is 5.75 Å². The third-order valence-corrected chi connectivity index (χ3v) is 7.09. The van der Waals surface area contributed by atoms with Gasteiger partial charge >= 0.3 is 5.97 Å². The van der Waals surface area contributed by atoms with Crippen LogP contribution in [0.25, 0.3) is 0 Å². The van der Waals surface area contributed by atoms with Gasteiger partial charge in [-0.15, -0.1) is 0 Å². The van der Waals surface area contributed by atoms with E-state index >= 15 is 0 Å². The van der Waals surface area contributed by atoms with Crippen molar-refractivity contribution in [1.82, 2.24) is 0 Å². The van der Waals surface area contributed by atoms with E-state index < -0.39 is 38.4 Å². The monoisotopic (exact) mass is 494 g/mol. The van der Waals surface area contributed by atoms with Gasteiger partial charge in [-0.1, -0.05) is 12.1 Å². The smallest absolute Gasteiger partial charge is 0.341 e. The van der Waals surface area contributed by atoms with Crippen LogP contribution in [0.2, 0.25) is 0 Å². The van der Waals surface area contributed by atoms with Gasteiger partial charge in [0.1, 0.15) is 11.6 Å². The fourth-order valence-corrected chi connectivity index (χ4v) is 5.02. The van der Waals surface area contributed by atoms with Crippen LogP contribution >= 0.6 is 0 Å². The number of carboxylic acid groups (broad SMARTS) is 1. The van der Waals surface area contributed by atoms with E-state index in [0.717, 1.165) is 24.3 Å². The summed E-state index contributed by atoms with van der Waals surface area (Å²) < 4.78 is 73.9. The predicted molar refractivity (Wildman–Crippen MR) is 119 cm³/mol. The molecule has 0 radical (unpaired) electrons. The third-order valence-electron chi connectivity index (χ3n) is 4.35. The summed E-state index contributed by atoms with van der Waals surface area (Å²) in [4.78, 5) is 10.3. The Bertz CT molecular complexity index is 1390. The van der Waals surface area contributed by atoms with Crippen LogP contribution in [0.1, 0.15) is 5.56 Å². The van der Waals surface area contributed by atoms with Gasteiger partial charge in [0.05, 0.1) is 21.2 Å². The number of hydrogen-bond acceptors (Lipinski definition) is 6. The normalized spacial score (nSPS) is 11.6. The van der Waals surface area contributed by atoms with Gasteiger partial charge in [0, 0.05) is 0 Å². The van der Waals surface area contributed by atoms with E-state index in [4.69, 9.17) is 9.84 Å². The van der Waals surface area contributed by atoms with Crippen molar-refractivity contribution in [1.29, 1.82) is 0 Å². The lowest BCUT2D eigenvalue weighted by Crippen LogP contribution is -2.18. The highest BCUT2D eigenvalue weighted by Gasteiger charge is 2.20. The lowest BCUT2D eigenvalue weighted by molar-refractivity contribution is -0.139. The maximum absolute atomic E-state index is 13.1. The second-order valence-corrected chi connectivity index (χ2v) is 10.2. The molecule has 3 N–H and O–H groups in total. The van der Waals surface area contributed by atoms with Gasteiger partial charge in [-0.2, -0.15) is 0 Å². The van der Waals surface area contributed by atoms with E-state index in [1.54, 1.807) is 6.92 Å². The van der Waals surface area contributed by atoms with Gasteiger partial charge in [0.15, 0.2) is 6.61 Å². The summed E-state index contributed by atoms with van der Waals surface area (Å²) in [6.07, 6.45) is 0. The number of benzene rings is 3. The van der Waals surface area contributed by atoms with Crippen LogP contribution in [0.5, 0.6) is 5.75 Å². The maximum Gasteiger partial charge on any atom is 0.341 e. The number of aryl methyl sites for hydroxylation is 1. The minimum atomic E-state index is -4.14. The molecule has 0 aliphatic carbocycles. The van der Waals surface area contributed by atoms with Crippen LogP contribution in [0.3, 0.4) is 0 Å². The SMILES string of the molecule is Cc1cc(S(=O)(=O)Nc2ccccc2NS(=O)(=O)c2ccc(F)cc2)ccc1OCC(=O)O. The molecule has 0 unspecified atom stereocenters. The number of carbonyl (C=O) groups is 1. The van der Waals surface area contributed by atoms with Crippen LogP contribution < -0.4 is 14.2 Å². The van der Waals surface area contributed by atoms with Crippen molar-refractivity contribution in [2.45, 2.75) is 16.7 Å². The molecule has 0 spiro atoms. The minimum Gasteiger partial charge on any atom is -0.482 e. The zero-order valence-electron chi connectivity index (χ0n) is 17.1. The lowest BCUT2D eigenvalue weighted by Gasteiger charge is -2.15. The van der Waals surface area contributed by atoms with Gasteiger partial charge in [-0.25, -0.2) is 26.0 Å². The summed E-state index contributed by atoms with van der Waals surface area (Å²) in [6.45, 7) is 0.980. The Balaban J connectivity index is 1.86. The van der Waals surface area contributed by atoms with Crippen molar-refractivity contribution in [2.24, 2.45) is 0 Å². The lowest BCUT2D eigenvalue weighted by atomic mass is 10.2. The Morgan fingerprint density at radius 1 is 0.879 bits per heavy atom. The molecule has 0 atom stereocenters. The Morgan fingerprint density at radius 2 is 1.39 bits per heavy atom. The second kappa shape index (κ2) is 9.46. The highest BCUT2D eigenvalue weighted by molar-refractivity contribution is 7.93. The Labute approximate surface area is 189 Å². The number of ether oxygens (including phenoxy) is 1. The molecule has 3 rings (SSSR count). The van der Waals surface area contributed by atoms with E-state index in [0.29, 0.717) is 5.56 Å². The van der Waals surface area contributed by atoms with Crippen LogP contribution in [0.4, 0.5) is 15.8 Å². The number of aliphatic carboxylic acids is 1. The molecule has 0 saturated heterocycles. The van der Waals surface area contributed by atoms with Gasteiger partial charge in [-0.3, -0.25) is 9.44 Å². The van der Waals surface area contributed by atoms with Crippen LogP contribution in [0, 0.1) is 12.7 Å². The standard InChI is InChI=1S/C21H19FN2O7S2/c1-14-12-17(10-11-20(14)31-13-21(25)26)33(29,30)24-19-5-3-2-4-18(19)23-32(27,28)16-8-6-15(22)7-9-16/h2-12,23-24H,13H2,1H3,(H,25,26). The molecular weight excluding hydrogens is 475 g/mol. The fourth-order valence-electron chi connectivity index (χ4n) is 2.77. The van der Waals surface area contributed by atoms with Gasteiger partial charge in [-0.05, 0) is 67.1 Å². The molecular formula is C21H19FN2O7S2. The molecule has 12 heteroatoms. The first-order valence-electron chi connectivity index (χ1n) is 9.33. The Hall–Kier alpha value is -3.64. The van der Waals surface area contributed by atoms with Crippen LogP contribution in [-0.4, -0.2) is 34.5 Å². The summed E-state index contributed by atoms with van der Waals surface area (Å²) in [5.41, 5.74) is 0.319. The molecule has 33 heavy (non-hydrogen) atoms. The van der Waals surface area contributed by atoms with Crippen molar-refractivity contribution in [2.75, 3.05) is 16.1 Å². The molecule has 0 heterocycles. The first-order chi connectivity index (χ1) is 15.5. The molecule has 0 bridgehead atoms. The van der Waals surface area contributed by atoms with E-state index in [9.17, 15) is 26.0 Å². The highest BCUT2D eigenvalue weighted by Crippen LogP contribution is 2.28. The van der Waals surface area contributed by atoms with Crippen molar-refractivity contribution >= 4 is 37.4 Å². The number of para-hydroxylation sites is 2. The van der Waals surface area contributed by atoms with E-state index in [-0.39, 0.29) is 26.9 Å². The average molecular weight is 495 g/mol. The number of hydrogen-bond donors (Lipinski definition) is 3. The summed E-state index contributed by atoms with van der Waals surface area (Å²) in [7, 11) is -8.25. The number of carboxylic acids is 1. The molecule has 3 aromatic rings. The number of anilines is 2. The molecule has 3 aromatic carbocycles. The van der Waals surface area contributed by atoms with Gasteiger partial charge < -0.3 is 9.84 Å². The quantitative estimate of drug-likeness (QED) is 0.415. The number of rotatable bonds is 9. The van der Waals surface area contributed by atoms with Crippen molar-refractivity contribution in [3.05, 3.63) is 78.1 Å². The average Bonchev–Trinajstić information content (AvgIpc) is 2.74. The molecule has 0 saturated carbocycles. The molecule has 9 nitrogen and oxygen atoms in total. The number of halogens is 1. The Kier molecular flexibility index (Phi) is 6.89. The molecule has 0 aromatic heterocycles. The summed E-state index contributed by atoms with van der Waals surface area (Å²) in [6, 6.07) is 13.8.